The molecule has 1 N–H and O–H groups in total. The smallest absolute Gasteiger partial charge is 0.301 e. The first kappa shape index (κ1) is 25.1. The molecular formula is C31H28N2O5S. The second-order valence-corrected chi connectivity index (χ2v) is 11.1. The highest BCUT2D eigenvalue weighted by molar-refractivity contribution is 7.22. The maximum Gasteiger partial charge on any atom is 0.301 e. The molecule has 39 heavy (non-hydrogen) atoms. The largest absolute Gasteiger partial charge is 0.507 e. The van der Waals surface area contributed by atoms with Crippen molar-refractivity contribution in [1.29, 1.82) is 0 Å². The molecule has 0 unspecified atom stereocenters. The van der Waals surface area contributed by atoms with E-state index in [9.17, 15) is 14.7 Å². The number of anilines is 1. The monoisotopic (exact) mass is 540 g/mol. The molecular weight excluding hydrogens is 512 g/mol. The van der Waals surface area contributed by atoms with Gasteiger partial charge in [-0.1, -0.05) is 29.5 Å². The van der Waals surface area contributed by atoms with Gasteiger partial charge in [0, 0.05) is 12.0 Å². The molecule has 1 saturated heterocycles. The zero-order valence-electron chi connectivity index (χ0n) is 22.1. The van der Waals surface area contributed by atoms with Crippen LogP contribution in [-0.4, -0.2) is 34.5 Å². The van der Waals surface area contributed by atoms with Crippen molar-refractivity contribution in [3.05, 3.63) is 88.0 Å². The number of aliphatic hydroxyl groups is 1. The molecule has 1 fully saturated rings. The third-order valence-electron chi connectivity index (χ3n) is 7.12. The Bertz CT molecular complexity index is 1690. The van der Waals surface area contributed by atoms with Gasteiger partial charge in [-0.05, 0) is 86.3 Å². The van der Waals surface area contributed by atoms with Crippen molar-refractivity contribution >= 4 is 44.1 Å². The number of carbonyl (C=O) groups is 2. The average Bonchev–Trinajstić information content (AvgIpc) is 3.56. The fourth-order valence-electron chi connectivity index (χ4n) is 5.47. The van der Waals surface area contributed by atoms with Gasteiger partial charge < -0.3 is 14.6 Å². The lowest BCUT2D eigenvalue weighted by Gasteiger charge is -2.23. The van der Waals surface area contributed by atoms with Crippen molar-refractivity contribution in [2.75, 3.05) is 11.5 Å². The van der Waals surface area contributed by atoms with Crippen LogP contribution in [0.3, 0.4) is 0 Å². The van der Waals surface area contributed by atoms with E-state index in [4.69, 9.17) is 14.5 Å². The summed E-state index contributed by atoms with van der Waals surface area (Å²) in [5.41, 5.74) is 4.96. The minimum Gasteiger partial charge on any atom is -0.507 e. The summed E-state index contributed by atoms with van der Waals surface area (Å²) >= 11 is 1.36. The number of fused-ring (bicyclic) bond motifs is 2. The number of Topliss-reactive ketones (excluding diaryl/α,β-unsaturated/α-hetero) is 1. The summed E-state index contributed by atoms with van der Waals surface area (Å²) in [7, 11) is 0. The molecule has 0 radical (unpaired) electrons. The van der Waals surface area contributed by atoms with E-state index in [0.29, 0.717) is 35.0 Å². The van der Waals surface area contributed by atoms with Gasteiger partial charge in [-0.3, -0.25) is 14.5 Å². The van der Waals surface area contributed by atoms with Crippen LogP contribution in [0.1, 0.15) is 47.7 Å². The van der Waals surface area contributed by atoms with E-state index in [0.717, 1.165) is 32.7 Å². The lowest BCUT2D eigenvalue weighted by molar-refractivity contribution is -0.132. The van der Waals surface area contributed by atoms with Gasteiger partial charge in [0.1, 0.15) is 23.4 Å². The van der Waals surface area contributed by atoms with E-state index >= 15 is 0 Å². The molecule has 3 aromatic carbocycles. The number of aliphatic hydroxyl groups excluding tert-OH is 1. The molecule has 0 bridgehead atoms. The number of amides is 1. The molecule has 7 nitrogen and oxygen atoms in total. The Hall–Kier alpha value is -4.17. The fraction of sp³-hybridized carbons (Fsp3) is 0.258. The van der Waals surface area contributed by atoms with E-state index in [1.165, 1.54) is 16.2 Å². The predicted octanol–water partition coefficient (Wildman–Crippen LogP) is 6.26. The van der Waals surface area contributed by atoms with Crippen LogP contribution in [0.2, 0.25) is 0 Å². The summed E-state index contributed by atoms with van der Waals surface area (Å²) in [6, 6.07) is 15.8. The minimum atomic E-state index is -0.879. The number of ether oxygens (including phenoxy) is 2. The number of thiazole rings is 1. The van der Waals surface area contributed by atoms with Crippen molar-refractivity contribution in [3.63, 3.8) is 0 Å². The van der Waals surface area contributed by atoms with E-state index in [1.54, 1.807) is 18.2 Å². The van der Waals surface area contributed by atoms with Crippen LogP contribution in [0, 0.1) is 13.8 Å². The Kier molecular flexibility index (Phi) is 6.14. The molecule has 8 heteroatoms. The summed E-state index contributed by atoms with van der Waals surface area (Å²) in [6.45, 7) is 8.34. The number of aryl methyl sites for hydroxylation is 2. The highest BCUT2D eigenvalue weighted by Crippen LogP contribution is 2.45. The second kappa shape index (κ2) is 9.54. The van der Waals surface area contributed by atoms with E-state index in [1.807, 2.05) is 64.1 Å². The number of hydrogen-bond donors (Lipinski definition) is 1. The first-order valence-corrected chi connectivity index (χ1v) is 13.8. The number of benzene rings is 3. The number of ketones is 1. The van der Waals surface area contributed by atoms with Gasteiger partial charge in [-0.2, -0.15) is 0 Å². The summed E-state index contributed by atoms with van der Waals surface area (Å²) in [6.07, 6.45) is 0.741. The Balaban J connectivity index is 1.55. The van der Waals surface area contributed by atoms with Crippen LogP contribution in [0.25, 0.3) is 16.0 Å². The number of carbonyl (C=O) groups excluding carboxylic acids is 2. The number of aromatic nitrogens is 1. The van der Waals surface area contributed by atoms with Gasteiger partial charge >= 0.3 is 5.91 Å². The normalized spacial score (nSPS) is 19.9. The Morgan fingerprint density at radius 1 is 1.15 bits per heavy atom. The zero-order chi connectivity index (χ0) is 27.4. The van der Waals surface area contributed by atoms with Gasteiger partial charge in [-0.25, -0.2) is 4.98 Å². The molecule has 0 saturated carbocycles. The minimum absolute atomic E-state index is 0.0210. The molecule has 6 rings (SSSR count). The predicted molar refractivity (Wildman–Crippen MR) is 152 cm³/mol. The highest BCUT2D eigenvalue weighted by Gasteiger charge is 2.48. The third kappa shape index (κ3) is 4.25. The summed E-state index contributed by atoms with van der Waals surface area (Å²) < 4.78 is 12.5. The number of rotatable bonds is 5. The second-order valence-electron chi connectivity index (χ2n) is 10.1. The quantitative estimate of drug-likeness (QED) is 0.183. The van der Waals surface area contributed by atoms with Gasteiger partial charge in [0.2, 0.25) is 0 Å². The SMILES string of the molecule is CCOc1cccc([C@@H]2/C(=C(\O)c3ccc4c(c3)C[C@H](C)O4)C(=O)C(=O)N2c2nc3c(C)cc(C)cc3s2)c1. The molecule has 3 heterocycles. The maximum atomic E-state index is 13.7. The van der Waals surface area contributed by atoms with Crippen LogP contribution in [0.15, 0.2) is 60.2 Å². The summed E-state index contributed by atoms with van der Waals surface area (Å²) in [5.74, 6) is -0.328. The molecule has 4 aromatic rings. The Morgan fingerprint density at radius 3 is 2.77 bits per heavy atom. The van der Waals surface area contributed by atoms with Crippen LogP contribution >= 0.6 is 11.3 Å². The topological polar surface area (TPSA) is 89.0 Å². The zero-order valence-corrected chi connectivity index (χ0v) is 23.0. The Morgan fingerprint density at radius 2 is 1.97 bits per heavy atom. The van der Waals surface area contributed by atoms with Gasteiger partial charge in [0.05, 0.1) is 28.4 Å². The maximum absolute atomic E-state index is 13.7. The summed E-state index contributed by atoms with van der Waals surface area (Å²) in [4.78, 5) is 33.5. The van der Waals surface area contributed by atoms with Crippen LogP contribution in [-0.2, 0) is 16.0 Å². The van der Waals surface area contributed by atoms with Crippen LogP contribution < -0.4 is 14.4 Å². The van der Waals surface area contributed by atoms with E-state index in [2.05, 4.69) is 0 Å². The van der Waals surface area contributed by atoms with Crippen molar-refractivity contribution in [2.24, 2.45) is 0 Å². The molecule has 0 aliphatic carbocycles. The van der Waals surface area contributed by atoms with Crippen molar-refractivity contribution < 1.29 is 24.2 Å². The van der Waals surface area contributed by atoms with E-state index < -0.39 is 17.7 Å². The van der Waals surface area contributed by atoms with Crippen molar-refractivity contribution in [1.82, 2.24) is 4.98 Å². The van der Waals surface area contributed by atoms with Gasteiger partial charge in [0.15, 0.2) is 5.13 Å². The first-order valence-electron chi connectivity index (χ1n) is 13.0. The van der Waals surface area contributed by atoms with Gasteiger partial charge in [0.25, 0.3) is 5.78 Å². The molecule has 0 spiro atoms. The average molecular weight is 541 g/mol. The van der Waals surface area contributed by atoms with Crippen molar-refractivity contribution in [3.8, 4) is 11.5 Å². The fourth-order valence-corrected chi connectivity index (χ4v) is 6.64. The lowest BCUT2D eigenvalue weighted by atomic mass is 9.94. The van der Waals surface area contributed by atoms with Gasteiger partial charge in [-0.15, -0.1) is 0 Å². The molecule has 1 amide bonds. The highest BCUT2D eigenvalue weighted by atomic mass is 32.1. The standard InChI is InChI=1S/C31H28N2O5S/c1-5-37-22-8-6-7-19(15-22)27-25(28(34)20-9-10-23-21(14-20)13-18(4)38-23)29(35)30(36)33(27)31-32-26-17(3)11-16(2)12-24(26)39-31/h6-12,14-15,18,27,34H,5,13H2,1-4H3/b28-25+/t18-,27+/m0/s1. The van der Waals surface area contributed by atoms with E-state index in [-0.39, 0.29) is 17.4 Å². The first-order chi connectivity index (χ1) is 18.7. The van der Waals surface area contributed by atoms with Crippen molar-refractivity contribution in [2.45, 2.75) is 46.3 Å². The molecule has 198 valence electrons. The number of hydrogen-bond acceptors (Lipinski definition) is 7. The van der Waals surface area contributed by atoms with Crippen LogP contribution in [0.4, 0.5) is 5.13 Å². The molecule has 2 atom stereocenters. The molecule has 2 aliphatic heterocycles. The third-order valence-corrected chi connectivity index (χ3v) is 8.13. The van der Waals surface area contributed by atoms with Crippen LogP contribution in [0.5, 0.6) is 11.5 Å². The molecule has 1 aromatic heterocycles. The summed E-state index contributed by atoms with van der Waals surface area (Å²) in [5, 5.41) is 12.0. The number of nitrogens with zero attached hydrogens (tertiary/aromatic N) is 2. The Labute approximate surface area is 230 Å². The lowest BCUT2D eigenvalue weighted by Crippen LogP contribution is -2.29. The molecule has 2 aliphatic rings.